The van der Waals surface area contributed by atoms with Crippen molar-refractivity contribution in [2.75, 3.05) is 0 Å². The maximum Gasteiger partial charge on any atom is 0.140 e. The Kier molecular flexibility index (Phi) is 2.77. The number of rotatable bonds is 3. The summed E-state index contributed by atoms with van der Waals surface area (Å²) in [6.45, 7) is 2.64. The monoisotopic (exact) mass is 237 g/mol. The third kappa shape index (κ3) is 1.97. The molecule has 2 heteroatoms. The zero-order valence-electron chi connectivity index (χ0n) is 10.3. The van der Waals surface area contributed by atoms with E-state index in [4.69, 9.17) is 4.84 Å². The third-order valence-electron chi connectivity index (χ3n) is 3.04. The summed E-state index contributed by atoms with van der Waals surface area (Å²) in [6, 6.07) is 20.6. The molecule has 0 atom stereocenters. The van der Waals surface area contributed by atoms with Crippen LogP contribution in [-0.4, -0.2) is 4.73 Å². The van der Waals surface area contributed by atoms with E-state index in [9.17, 15) is 0 Å². The minimum Gasteiger partial charge on any atom is -0.409 e. The summed E-state index contributed by atoms with van der Waals surface area (Å²) >= 11 is 0. The molecule has 0 amide bonds. The van der Waals surface area contributed by atoms with E-state index in [0.717, 1.165) is 11.2 Å². The molecule has 1 aromatic heterocycles. The molecule has 0 aliphatic carbocycles. The second-order valence-electron chi connectivity index (χ2n) is 4.40. The van der Waals surface area contributed by atoms with E-state index in [0.29, 0.717) is 6.61 Å². The van der Waals surface area contributed by atoms with Crippen LogP contribution in [0.4, 0.5) is 0 Å². The molecule has 0 radical (unpaired) electrons. The van der Waals surface area contributed by atoms with Crippen molar-refractivity contribution in [1.82, 2.24) is 4.73 Å². The van der Waals surface area contributed by atoms with Crippen LogP contribution in [0.5, 0.6) is 0 Å². The number of aryl methyl sites for hydroxylation is 1. The Morgan fingerprint density at radius 3 is 2.50 bits per heavy atom. The van der Waals surface area contributed by atoms with Crippen molar-refractivity contribution in [3.63, 3.8) is 0 Å². The van der Waals surface area contributed by atoms with E-state index in [1.807, 2.05) is 35.1 Å². The minimum atomic E-state index is 0.584. The molecule has 3 rings (SSSR count). The average molecular weight is 237 g/mol. The maximum absolute atomic E-state index is 5.89. The van der Waals surface area contributed by atoms with Gasteiger partial charge in [0.05, 0.1) is 11.2 Å². The van der Waals surface area contributed by atoms with Crippen LogP contribution in [0.25, 0.3) is 10.9 Å². The normalized spacial score (nSPS) is 10.7. The van der Waals surface area contributed by atoms with Crippen LogP contribution in [0.1, 0.15) is 11.3 Å². The Morgan fingerprint density at radius 1 is 0.944 bits per heavy atom. The van der Waals surface area contributed by atoms with E-state index in [2.05, 4.69) is 37.3 Å². The lowest BCUT2D eigenvalue weighted by Crippen LogP contribution is -2.12. The van der Waals surface area contributed by atoms with Gasteiger partial charge in [-0.3, -0.25) is 0 Å². The van der Waals surface area contributed by atoms with Crippen molar-refractivity contribution in [2.45, 2.75) is 13.5 Å². The molecule has 3 aromatic rings. The molecule has 0 N–H and O–H groups in total. The summed E-state index contributed by atoms with van der Waals surface area (Å²) in [5.41, 5.74) is 3.41. The predicted octanol–water partition coefficient (Wildman–Crippen LogP) is 3.58. The molecule has 90 valence electrons. The zero-order chi connectivity index (χ0) is 12.4. The molecular weight excluding hydrogens is 222 g/mol. The fraction of sp³-hybridized carbons (Fsp3) is 0.125. The first-order valence-electron chi connectivity index (χ1n) is 6.09. The number of aromatic nitrogens is 1. The van der Waals surface area contributed by atoms with Crippen LogP contribution in [0, 0.1) is 6.92 Å². The highest BCUT2D eigenvalue weighted by Gasteiger charge is 2.05. The summed E-state index contributed by atoms with van der Waals surface area (Å²) in [5, 5.41) is 1.21. The second kappa shape index (κ2) is 4.57. The molecule has 0 saturated heterocycles. The van der Waals surface area contributed by atoms with Crippen molar-refractivity contribution < 1.29 is 4.84 Å². The van der Waals surface area contributed by atoms with Gasteiger partial charge in [-0.2, -0.15) is 4.73 Å². The molecule has 0 aliphatic rings. The van der Waals surface area contributed by atoms with Gasteiger partial charge in [-0.05, 0) is 24.6 Å². The number of benzene rings is 2. The van der Waals surface area contributed by atoms with Gasteiger partial charge in [-0.1, -0.05) is 48.5 Å². The molecule has 0 fully saturated rings. The van der Waals surface area contributed by atoms with Gasteiger partial charge in [0, 0.05) is 5.39 Å². The first kappa shape index (κ1) is 10.9. The van der Waals surface area contributed by atoms with Gasteiger partial charge in [0.1, 0.15) is 6.61 Å². The molecular formula is C16H15NO. The molecule has 18 heavy (non-hydrogen) atoms. The van der Waals surface area contributed by atoms with Crippen molar-refractivity contribution in [3.05, 3.63) is 71.9 Å². The SMILES string of the molecule is Cc1cc2ccccc2n1OCc1ccccc1. The van der Waals surface area contributed by atoms with Gasteiger partial charge in [0.15, 0.2) is 0 Å². The fourth-order valence-corrected chi connectivity index (χ4v) is 2.15. The molecule has 1 heterocycles. The largest absolute Gasteiger partial charge is 0.409 e. The Labute approximate surface area is 106 Å². The highest BCUT2D eigenvalue weighted by molar-refractivity contribution is 5.80. The predicted molar refractivity (Wildman–Crippen MR) is 73.4 cm³/mol. The van der Waals surface area contributed by atoms with Crippen molar-refractivity contribution in [2.24, 2.45) is 0 Å². The minimum absolute atomic E-state index is 0.584. The van der Waals surface area contributed by atoms with Gasteiger partial charge in [0.2, 0.25) is 0 Å². The summed E-state index contributed by atoms with van der Waals surface area (Å²) in [4.78, 5) is 5.89. The number of nitrogens with zero attached hydrogens (tertiary/aromatic N) is 1. The summed E-state index contributed by atoms with van der Waals surface area (Å²) in [6.07, 6.45) is 0. The smallest absolute Gasteiger partial charge is 0.140 e. The number of fused-ring (bicyclic) bond motifs is 1. The summed E-state index contributed by atoms with van der Waals surface area (Å²) in [5.74, 6) is 0. The summed E-state index contributed by atoms with van der Waals surface area (Å²) in [7, 11) is 0. The van der Waals surface area contributed by atoms with Crippen LogP contribution in [0.15, 0.2) is 60.7 Å². The molecule has 0 unspecified atom stereocenters. The average Bonchev–Trinajstić information content (AvgIpc) is 2.73. The molecule has 2 aromatic carbocycles. The van der Waals surface area contributed by atoms with Gasteiger partial charge in [0.25, 0.3) is 0 Å². The van der Waals surface area contributed by atoms with Crippen molar-refractivity contribution >= 4 is 10.9 Å². The number of hydrogen-bond donors (Lipinski definition) is 0. The van der Waals surface area contributed by atoms with E-state index in [1.165, 1.54) is 10.9 Å². The first-order chi connectivity index (χ1) is 8.84. The molecule has 0 saturated carbocycles. The fourth-order valence-electron chi connectivity index (χ4n) is 2.15. The van der Waals surface area contributed by atoms with E-state index < -0.39 is 0 Å². The highest BCUT2D eigenvalue weighted by Crippen LogP contribution is 2.18. The maximum atomic E-state index is 5.89. The van der Waals surface area contributed by atoms with Crippen LogP contribution >= 0.6 is 0 Å². The van der Waals surface area contributed by atoms with Gasteiger partial charge in [-0.25, -0.2) is 0 Å². The topological polar surface area (TPSA) is 14.2 Å². The Morgan fingerprint density at radius 2 is 1.67 bits per heavy atom. The van der Waals surface area contributed by atoms with Crippen LogP contribution < -0.4 is 4.84 Å². The molecule has 2 nitrogen and oxygen atoms in total. The lowest BCUT2D eigenvalue weighted by atomic mass is 10.2. The van der Waals surface area contributed by atoms with Crippen LogP contribution in [0.3, 0.4) is 0 Å². The Bertz CT molecular complexity index is 655. The van der Waals surface area contributed by atoms with Crippen LogP contribution in [-0.2, 0) is 6.61 Å². The molecule has 0 aliphatic heterocycles. The van der Waals surface area contributed by atoms with E-state index in [-0.39, 0.29) is 0 Å². The van der Waals surface area contributed by atoms with Gasteiger partial charge >= 0.3 is 0 Å². The Balaban J connectivity index is 1.89. The zero-order valence-corrected chi connectivity index (χ0v) is 10.3. The van der Waals surface area contributed by atoms with E-state index >= 15 is 0 Å². The third-order valence-corrected chi connectivity index (χ3v) is 3.04. The molecule has 0 bridgehead atoms. The van der Waals surface area contributed by atoms with Crippen LogP contribution in [0.2, 0.25) is 0 Å². The van der Waals surface area contributed by atoms with E-state index in [1.54, 1.807) is 0 Å². The Hall–Kier alpha value is -2.22. The first-order valence-corrected chi connectivity index (χ1v) is 6.09. The van der Waals surface area contributed by atoms with Gasteiger partial charge in [-0.15, -0.1) is 0 Å². The standard InChI is InChI=1S/C16H15NO/c1-13-11-15-9-5-6-10-16(15)17(13)18-12-14-7-3-2-4-8-14/h2-11H,12H2,1H3. The highest BCUT2D eigenvalue weighted by atomic mass is 16.7. The van der Waals surface area contributed by atoms with Crippen molar-refractivity contribution in [1.29, 1.82) is 0 Å². The van der Waals surface area contributed by atoms with Gasteiger partial charge < -0.3 is 4.84 Å². The second-order valence-corrected chi connectivity index (χ2v) is 4.40. The van der Waals surface area contributed by atoms with Crippen molar-refractivity contribution in [3.8, 4) is 0 Å². The lowest BCUT2D eigenvalue weighted by Gasteiger charge is -2.10. The number of para-hydroxylation sites is 1. The molecule has 0 spiro atoms. The lowest BCUT2D eigenvalue weighted by molar-refractivity contribution is 0.103. The number of hydrogen-bond acceptors (Lipinski definition) is 1. The quantitative estimate of drug-likeness (QED) is 0.679. The summed E-state index contributed by atoms with van der Waals surface area (Å²) < 4.78 is 1.91.